The highest BCUT2D eigenvalue weighted by Crippen LogP contribution is 2.24. The van der Waals surface area contributed by atoms with Crippen molar-refractivity contribution in [2.45, 2.75) is 20.3 Å². The van der Waals surface area contributed by atoms with Gasteiger partial charge in [-0.1, -0.05) is 13.8 Å². The number of hydrogen-bond donors (Lipinski definition) is 0. The minimum Gasteiger partial charge on any atom is -0.465 e. The van der Waals surface area contributed by atoms with E-state index < -0.39 is 0 Å². The van der Waals surface area contributed by atoms with Crippen molar-refractivity contribution in [1.82, 2.24) is 9.38 Å². The minimum atomic E-state index is -0.350. The van der Waals surface area contributed by atoms with Crippen LogP contribution in [-0.4, -0.2) is 22.5 Å². The average Bonchev–Trinajstić information content (AvgIpc) is 2.65. The third-order valence-electron chi connectivity index (χ3n) is 2.69. The summed E-state index contributed by atoms with van der Waals surface area (Å²) < 4.78 is 7.41. The molecule has 5 heteroatoms. The summed E-state index contributed by atoms with van der Waals surface area (Å²) in [5, 5.41) is 0. The number of imidazole rings is 1. The molecule has 2 aromatic rings. The fraction of sp³-hybridized carbons (Fsp3) is 0.385. The van der Waals surface area contributed by atoms with Crippen LogP contribution in [0.4, 0.5) is 0 Å². The number of pyridine rings is 1. The summed E-state index contributed by atoms with van der Waals surface area (Å²) in [7, 11) is 1.38. The Morgan fingerprint density at radius 1 is 1.56 bits per heavy atom. The van der Waals surface area contributed by atoms with Gasteiger partial charge in [0.2, 0.25) is 0 Å². The Morgan fingerprint density at radius 3 is 2.89 bits per heavy atom. The van der Waals surface area contributed by atoms with Crippen molar-refractivity contribution in [2.75, 3.05) is 7.11 Å². The smallest absolute Gasteiger partial charge is 0.340 e. The van der Waals surface area contributed by atoms with Crippen molar-refractivity contribution in [3.05, 3.63) is 34.3 Å². The van der Waals surface area contributed by atoms with Gasteiger partial charge in [-0.3, -0.25) is 0 Å². The second-order valence-electron chi connectivity index (χ2n) is 4.55. The van der Waals surface area contributed by atoms with E-state index in [1.165, 1.54) is 7.11 Å². The summed E-state index contributed by atoms with van der Waals surface area (Å²) in [6.45, 7) is 4.28. The molecule has 0 aromatic carbocycles. The number of carbonyl (C=O) groups is 1. The maximum Gasteiger partial charge on any atom is 0.340 e. The monoisotopic (exact) mass is 310 g/mol. The Bertz CT molecular complexity index is 590. The van der Waals surface area contributed by atoms with E-state index in [0.29, 0.717) is 16.1 Å². The number of methoxy groups -OCH3 is 1. The van der Waals surface area contributed by atoms with Gasteiger partial charge in [0, 0.05) is 12.6 Å². The van der Waals surface area contributed by atoms with E-state index >= 15 is 0 Å². The van der Waals surface area contributed by atoms with Gasteiger partial charge in [-0.15, -0.1) is 0 Å². The zero-order valence-electron chi connectivity index (χ0n) is 10.6. The molecule has 0 bridgehead atoms. The van der Waals surface area contributed by atoms with Crippen molar-refractivity contribution in [1.29, 1.82) is 0 Å². The highest BCUT2D eigenvalue weighted by atomic mass is 79.9. The Hall–Kier alpha value is -1.36. The molecule has 2 rings (SSSR count). The number of aromatic nitrogens is 2. The molecule has 0 atom stereocenters. The molecule has 0 aliphatic carbocycles. The van der Waals surface area contributed by atoms with Crippen LogP contribution in [0.3, 0.4) is 0 Å². The minimum absolute atomic E-state index is 0.350. The van der Waals surface area contributed by atoms with Gasteiger partial charge in [0.25, 0.3) is 0 Å². The summed E-state index contributed by atoms with van der Waals surface area (Å²) in [5.41, 5.74) is 1.29. The third kappa shape index (κ3) is 2.27. The van der Waals surface area contributed by atoms with Crippen LogP contribution >= 0.6 is 15.9 Å². The van der Waals surface area contributed by atoms with E-state index in [0.717, 1.165) is 17.8 Å². The number of nitrogens with zero attached hydrogens (tertiary/aromatic N) is 2. The van der Waals surface area contributed by atoms with Crippen molar-refractivity contribution >= 4 is 27.4 Å². The molecule has 0 radical (unpaired) electrons. The fourth-order valence-electron chi connectivity index (χ4n) is 1.94. The molecular formula is C13H15BrN2O2. The molecular weight excluding hydrogens is 296 g/mol. The summed E-state index contributed by atoms with van der Waals surface area (Å²) in [4.78, 5) is 16.2. The predicted octanol–water partition coefficient (Wildman–Crippen LogP) is 3.08. The van der Waals surface area contributed by atoms with Gasteiger partial charge < -0.3 is 9.14 Å². The van der Waals surface area contributed by atoms with Crippen LogP contribution in [0.5, 0.6) is 0 Å². The average molecular weight is 311 g/mol. The number of rotatable bonds is 3. The Labute approximate surface area is 114 Å². The molecule has 0 saturated heterocycles. The first-order valence-electron chi connectivity index (χ1n) is 5.78. The number of halogens is 1. The SMILES string of the molecule is COC(=O)c1cccn2c(CC(C)C)nc(Br)c12. The topological polar surface area (TPSA) is 43.6 Å². The van der Waals surface area contributed by atoms with Crippen molar-refractivity contribution in [3.63, 3.8) is 0 Å². The second-order valence-corrected chi connectivity index (χ2v) is 5.30. The Kier molecular flexibility index (Phi) is 3.71. The lowest BCUT2D eigenvalue weighted by molar-refractivity contribution is 0.0602. The number of fused-ring (bicyclic) bond motifs is 1. The zero-order chi connectivity index (χ0) is 13.3. The van der Waals surface area contributed by atoms with Crippen LogP contribution in [0.1, 0.15) is 30.0 Å². The highest BCUT2D eigenvalue weighted by molar-refractivity contribution is 9.10. The van der Waals surface area contributed by atoms with Crippen LogP contribution in [0.15, 0.2) is 22.9 Å². The molecule has 18 heavy (non-hydrogen) atoms. The largest absolute Gasteiger partial charge is 0.465 e. The van der Waals surface area contributed by atoms with Crippen LogP contribution in [0.2, 0.25) is 0 Å². The summed E-state index contributed by atoms with van der Waals surface area (Å²) >= 11 is 3.42. The van der Waals surface area contributed by atoms with E-state index in [-0.39, 0.29) is 5.97 Å². The van der Waals surface area contributed by atoms with Crippen LogP contribution in [0, 0.1) is 5.92 Å². The zero-order valence-corrected chi connectivity index (χ0v) is 12.2. The molecule has 0 saturated carbocycles. The summed E-state index contributed by atoms with van der Waals surface area (Å²) in [5.74, 6) is 1.10. The van der Waals surface area contributed by atoms with Crippen LogP contribution in [-0.2, 0) is 11.2 Å². The molecule has 0 unspecified atom stereocenters. The van der Waals surface area contributed by atoms with Crippen LogP contribution < -0.4 is 0 Å². The van der Waals surface area contributed by atoms with Gasteiger partial charge in [-0.05, 0) is 34.0 Å². The lowest BCUT2D eigenvalue weighted by Crippen LogP contribution is -2.05. The lowest BCUT2D eigenvalue weighted by Gasteiger charge is -2.06. The van der Waals surface area contributed by atoms with Gasteiger partial charge in [-0.2, -0.15) is 0 Å². The van der Waals surface area contributed by atoms with Crippen LogP contribution in [0.25, 0.3) is 5.52 Å². The number of esters is 1. The molecule has 0 aliphatic rings. The number of ether oxygens (including phenoxy) is 1. The molecule has 96 valence electrons. The van der Waals surface area contributed by atoms with E-state index in [9.17, 15) is 4.79 Å². The van der Waals surface area contributed by atoms with E-state index in [1.54, 1.807) is 6.07 Å². The molecule has 0 amide bonds. The first kappa shape index (κ1) is 13.1. The maximum atomic E-state index is 11.7. The third-order valence-corrected chi connectivity index (χ3v) is 3.24. The van der Waals surface area contributed by atoms with Crippen molar-refractivity contribution in [3.8, 4) is 0 Å². The van der Waals surface area contributed by atoms with Gasteiger partial charge in [0.05, 0.1) is 18.2 Å². The van der Waals surface area contributed by atoms with Gasteiger partial charge >= 0.3 is 5.97 Å². The van der Waals surface area contributed by atoms with Crippen molar-refractivity contribution < 1.29 is 9.53 Å². The Balaban J connectivity index is 2.64. The first-order chi connectivity index (χ1) is 8.54. The quantitative estimate of drug-likeness (QED) is 0.818. The number of carbonyl (C=O) groups excluding carboxylic acids is 1. The normalized spacial score (nSPS) is 11.2. The van der Waals surface area contributed by atoms with E-state index in [1.807, 2.05) is 16.7 Å². The molecule has 0 fully saturated rings. The van der Waals surface area contributed by atoms with E-state index in [2.05, 4.69) is 34.8 Å². The summed E-state index contributed by atoms with van der Waals surface area (Å²) in [6, 6.07) is 3.57. The molecule has 2 aromatic heterocycles. The molecule has 2 heterocycles. The molecule has 0 spiro atoms. The Morgan fingerprint density at radius 2 is 2.28 bits per heavy atom. The molecule has 0 N–H and O–H groups in total. The highest BCUT2D eigenvalue weighted by Gasteiger charge is 2.17. The maximum absolute atomic E-state index is 11.7. The summed E-state index contributed by atoms with van der Waals surface area (Å²) in [6.07, 6.45) is 2.77. The van der Waals surface area contributed by atoms with Gasteiger partial charge in [0.15, 0.2) is 0 Å². The second kappa shape index (κ2) is 5.10. The number of hydrogen-bond acceptors (Lipinski definition) is 3. The lowest BCUT2D eigenvalue weighted by atomic mass is 10.1. The molecule has 4 nitrogen and oxygen atoms in total. The van der Waals surface area contributed by atoms with Gasteiger partial charge in [0.1, 0.15) is 10.4 Å². The fourth-order valence-corrected chi connectivity index (χ4v) is 2.55. The first-order valence-corrected chi connectivity index (χ1v) is 6.57. The van der Waals surface area contributed by atoms with Crippen molar-refractivity contribution in [2.24, 2.45) is 5.92 Å². The van der Waals surface area contributed by atoms with Gasteiger partial charge in [-0.25, -0.2) is 9.78 Å². The predicted molar refractivity (Wildman–Crippen MR) is 72.8 cm³/mol. The van der Waals surface area contributed by atoms with E-state index in [4.69, 9.17) is 4.74 Å². The molecule has 0 aliphatic heterocycles. The standard InChI is InChI=1S/C13H15BrN2O2/c1-8(2)7-10-15-12(14)11-9(13(17)18-3)5-4-6-16(10)11/h4-6,8H,7H2,1-3H3.